The zero-order chi connectivity index (χ0) is 15.7. The third-order valence-corrected chi connectivity index (χ3v) is 4.93. The molecular weight excluding hydrogens is 284 g/mol. The molecule has 0 bridgehead atoms. The van der Waals surface area contributed by atoms with Gasteiger partial charge >= 0.3 is 0 Å². The van der Waals surface area contributed by atoms with Crippen molar-refractivity contribution in [1.29, 1.82) is 0 Å². The molecule has 4 nitrogen and oxygen atoms in total. The van der Waals surface area contributed by atoms with E-state index in [0.717, 1.165) is 44.3 Å². The summed E-state index contributed by atoms with van der Waals surface area (Å²) in [6, 6.07) is 7.14. The van der Waals surface area contributed by atoms with Gasteiger partial charge in [-0.25, -0.2) is 13.1 Å². The molecule has 0 saturated heterocycles. The minimum Gasteiger partial charge on any atom is -0.316 e. The number of sulfonamides is 1. The summed E-state index contributed by atoms with van der Waals surface area (Å²) >= 11 is 0. The lowest BCUT2D eigenvalue weighted by Crippen LogP contribution is -2.32. The Morgan fingerprint density at radius 1 is 1.05 bits per heavy atom. The largest absolute Gasteiger partial charge is 0.316 e. The van der Waals surface area contributed by atoms with Gasteiger partial charge in [0.2, 0.25) is 10.0 Å². The molecule has 0 amide bonds. The third kappa shape index (κ3) is 6.59. The van der Waals surface area contributed by atoms with Crippen LogP contribution >= 0.6 is 0 Å². The minimum absolute atomic E-state index is 0.0297. The van der Waals surface area contributed by atoms with Crippen LogP contribution in [0, 0.1) is 0 Å². The third-order valence-electron chi connectivity index (χ3n) is 3.33. The van der Waals surface area contributed by atoms with Crippen molar-refractivity contribution >= 4 is 10.0 Å². The molecule has 0 aliphatic carbocycles. The summed E-state index contributed by atoms with van der Waals surface area (Å²) in [5.41, 5.74) is 1.15. The van der Waals surface area contributed by atoms with Crippen LogP contribution in [0.4, 0.5) is 0 Å². The molecule has 0 heterocycles. The predicted molar refractivity (Wildman–Crippen MR) is 88.0 cm³/mol. The Kier molecular flexibility index (Phi) is 7.93. The van der Waals surface area contributed by atoms with Gasteiger partial charge < -0.3 is 5.32 Å². The van der Waals surface area contributed by atoms with Crippen molar-refractivity contribution in [1.82, 2.24) is 10.0 Å². The van der Waals surface area contributed by atoms with Gasteiger partial charge in [-0.1, -0.05) is 32.4 Å². The van der Waals surface area contributed by atoms with E-state index >= 15 is 0 Å². The Bertz CT molecular complexity index is 498. The lowest BCUT2D eigenvalue weighted by atomic mass is 10.1. The van der Waals surface area contributed by atoms with Crippen molar-refractivity contribution in [2.75, 3.05) is 13.1 Å². The average Bonchev–Trinajstić information content (AvgIpc) is 2.44. The maximum Gasteiger partial charge on any atom is 0.240 e. The number of nitrogens with one attached hydrogen (secondary N) is 2. The SMILES string of the molecule is CCCNCCc1ccc(S(=O)(=O)NC(C)CCC)cc1. The molecule has 5 heteroatoms. The van der Waals surface area contributed by atoms with Gasteiger partial charge in [0.1, 0.15) is 0 Å². The van der Waals surface area contributed by atoms with E-state index in [-0.39, 0.29) is 6.04 Å². The lowest BCUT2D eigenvalue weighted by Gasteiger charge is -2.13. The fourth-order valence-electron chi connectivity index (χ4n) is 2.19. The molecule has 1 rings (SSSR count). The summed E-state index contributed by atoms with van der Waals surface area (Å²) < 4.78 is 27.1. The first kappa shape index (κ1) is 18.1. The van der Waals surface area contributed by atoms with Gasteiger partial charge in [0.05, 0.1) is 4.90 Å². The van der Waals surface area contributed by atoms with E-state index in [2.05, 4.69) is 17.0 Å². The van der Waals surface area contributed by atoms with Crippen LogP contribution in [0.1, 0.15) is 45.6 Å². The Morgan fingerprint density at radius 2 is 1.71 bits per heavy atom. The van der Waals surface area contributed by atoms with E-state index in [4.69, 9.17) is 0 Å². The summed E-state index contributed by atoms with van der Waals surface area (Å²) in [5, 5.41) is 3.34. The summed E-state index contributed by atoms with van der Waals surface area (Å²) in [5.74, 6) is 0. The highest BCUT2D eigenvalue weighted by atomic mass is 32.2. The van der Waals surface area contributed by atoms with Gasteiger partial charge in [0.15, 0.2) is 0 Å². The van der Waals surface area contributed by atoms with Gasteiger partial charge in [-0.3, -0.25) is 0 Å². The Balaban J connectivity index is 2.59. The second-order valence-corrected chi connectivity index (χ2v) is 7.17. The van der Waals surface area contributed by atoms with E-state index in [1.54, 1.807) is 12.1 Å². The maximum absolute atomic E-state index is 12.2. The minimum atomic E-state index is -3.39. The standard InChI is InChI=1S/C16H28N2O2S/c1-4-6-14(3)18-21(19,20)16-9-7-15(8-10-16)11-13-17-12-5-2/h7-10,14,17-18H,4-6,11-13H2,1-3H3. The number of hydrogen-bond donors (Lipinski definition) is 2. The summed E-state index contributed by atoms with van der Waals surface area (Å²) in [6.07, 6.45) is 3.85. The molecule has 2 N–H and O–H groups in total. The highest BCUT2D eigenvalue weighted by Crippen LogP contribution is 2.12. The Labute approximate surface area is 129 Å². The fourth-order valence-corrected chi connectivity index (χ4v) is 3.47. The van der Waals surface area contributed by atoms with Crippen molar-refractivity contribution in [2.45, 2.75) is 57.4 Å². The summed E-state index contributed by atoms with van der Waals surface area (Å²) in [6.45, 7) is 8.03. The van der Waals surface area contributed by atoms with Crippen molar-refractivity contribution in [2.24, 2.45) is 0 Å². The van der Waals surface area contributed by atoms with Gasteiger partial charge in [-0.05, 0) is 57.0 Å². The number of hydrogen-bond acceptors (Lipinski definition) is 3. The zero-order valence-corrected chi connectivity index (χ0v) is 14.2. The maximum atomic E-state index is 12.2. The molecule has 1 aromatic rings. The molecule has 0 aliphatic rings. The second-order valence-electron chi connectivity index (χ2n) is 5.45. The zero-order valence-electron chi connectivity index (χ0n) is 13.4. The molecule has 0 aliphatic heterocycles. The molecular formula is C16H28N2O2S. The van der Waals surface area contributed by atoms with Crippen molar-refractivity contribution < 1.29 is 8.42 Å². The summed E-state index contributed by atoms with van der Waals surface area (Å²) in [4.78, 5) is 0.343. The molecule has 0 radical (unpaired) electrons. The van der Waals surface area contributed by atoms with Crippen molar-refractivity contribution in [3.05, 3.63) is 29.8 Å². The second kappa shape index (κ2) is 9.18. The van der Waals surface area contributed by atoms with Crippen LogP contribution in [0.15, 0.2) is 29.2 Å². The first-order valence-corrected chi connectivity index (χ1v) is 9.30. The average molecular weight is 312 g/mol. The predicted octanol–water partition coefficient (Wildman–Crippen LogP) is 2.70. The molecule has 0 aromatic heterocycles. The van der Waals surface area contributed by atoms with Gasteiger partial charge in [-0.2, -0.15) is 0 Å². The molecule has 0 saturated carbocycles. The van der Waals surface area contributed by atoms with Crippen LogP contribution in [0.2, 0.25) is 0 Å². The highest BCUT2D eigenvalue weighted by molar-refractivity contribution is 7.89. The molecule has 21 heavy (non-hydrogen) atoms. The van der Waals surface area contributed by atoms with Crippen LogP contribution in [0.5, 0.6) is 0 Å². The van der Waals surface area contributed by atoms with E-state index in [1.807, 2.05) is 26.0 Å². The van der Waals surface area contributed by atoms with Crippen LogP contribution < -0.4 is 10.0 Å². The Hall–Kier alpha value is -0.910. The molecule has 1 unspecified atom stereocenters. The van der Waals surface area contributed by atoms with Crippen LogP contribution in [0.3, 0.4) is 0 Å². The fraction of sp³-hybridized carbons (Fsp3) is 0.625. The Morgan fingerprint density at radius 3 is 2.29 bits per heavy atom. The molecule has 120 valence electrons. The quantitative estimate of drug-likeness (QED) is 0.653. The van der Waals surface area contributed by atoms with Gasteiger partial charge in [0, 0.05) is 6.04 Å². The lowest BCUT2D eigenvalue weighted by molar-refractivity contribution is 0.544. The highest BCUT2D eigenvalue weighted by Gasteiger charge is 2.16. The van der Waals surface area contributed by atoms with E-state index < -0.39 is 10.0 Å². The van der Waals surface area contributed by atoms with Gasteiger partial charge in [-0.15, -0.1) is 0 Å². The molecule has 1 aromatic carbocycles. The van der Waals surface area contributed by atoms with E-state index in [1.165, 1.54) is 0 Å². The molecule has 0 fully saturated rings. The monoisotopic (exact) mass is 312 g/mol. The topological polar surface area (TPSA) is 58.2 Å². The van der Waals surface area contributed by atoms with Crippen molar-refractivity contribution in [3.63, 3.8) is 0 Å². The van der Waals surface area contributed by atoms with E-state index in [9.17, 15) is 8.42 Å². The number of rotatable bonds is 10. The van der Waals surface area contributed by atoms with Crippen LogP contribution in [-0.2, 0) is 16.4 Å². The van der Waals surface area contributed by atoms with Crippen molar-refractivity contribution in [3.8, 4) is 0 Å². The number of benzene rings is 1. The van der Waals surface area contributed by atoms with E-state index in [0.29, 0.717) is 4.90 Å². The van der Waals surface area contributed by atoms with Crippen LogP contribution in [0.25, 0.3) is 0 Å². The van der Waals surface area contributed by atoms with Gasteiger partial charge in [0.25, 0.3) is 0 Å². The van der Waals surface area contributed by atoms with Crippen LogP contribution in [-0.4, -0.2) is 27.5 Å². The first-order valence-electron chi connectivity index (χ1n) is 7.81. The first-order chi connectivity index (χ1) is 9.99. The molecule has 0 spiro atoms. The smallest absolute Gasteiger partial charge is 0.240 e. The summed E-state index contributed by atoms with van der Waals surface area (Å²) in [7, 11) is -3.39. The molecule has 1 atom stereocenters. The normalized spacial score (nSPS) is 13.3.